The van der Waals surface area contributed by atoms with Gasteiger partial charge in [-0.25, -0.2) is 0 Å². The number of benzene rings is 1. The van der Waals surface area contributed by atoms with Gasteiger partial charge >= 0.3 is 0 Å². The van der Waals surface area contributed by atoms with Crippen LogP contribution in [0.5, 0.6) is 0 Å². The largest absolute Gasteiger partial charge is 0.325 e. The van der Waals surface area contributed by atoms with E-state index in [0.29, 0.717) is 0 Å². The molecule has 1 nitrogen and oxygen atoms in total. The Balaban J connectivity index is 2.11. The summed E-state index contributed by atoms with van der Waals surface area (Å²) in [5, 5.41) is 0. The van der Waals surface area contributed by atoms with Crippen molar-refractivity contribution in [2.45, 2.75) is 51.0 Å². The van der Waals surface area contributed by atoms with Crippen molar-refractivity contribution in [2.24, 2.45) is 5.73 Å². The lowest BCUT2D eigenvalue weighted by Gasteiger charge is -2.34. The highest BCUT2D eigenvalue weighted by Gasteiger charge is 2.28. The second-order valence-corrected chi connectivity index (χ2v) is 5.21. The van der Waals surface area contributed by atoms with Crippen LogP contribution < -0.4 is 5.73 Å². The van der Waals surface area contributed by atoms with Gasteiger partial charge in [-0.2, -0.15) is 0 Å². The first-order valence-corrected chi connectivity index (χ1v) is 5.84. The van der Waals surface area contributed by atoms with Crippen molar-refractivity contribution in [1.82, 2.24) is 0 Å². The third kappa shape index (κ3) is 2.40. The Morgan fingerprint density at radius 1 is 1.40 bits per heavy atom. The first kappa shape index (κ1) is 10.7. The Kier molecular flexibility index (Phi) is 2.83. The highest BCUT2D eigenvalue weighted by atomic mass is 14.7. The first-order chi connectivity index (χ1) is 7.08. The molecule has 1 fully saturated rings. The van der Waals surface area contributed by atoms with Crippen LogP contribution in [0.2, 0.25) is 0 Å². The minimum absolute atomic E-state index is 0.0747. The molecule has 2 rings (SSSR count). The van der Waals surface area contributed by atoms with Gasteiger partial charge in [0.2, 0.25) is 0 Å². The van der Waals surface area contributed by atoms with Crippen LogP contribution in [0.25, 0.3) is 0 Å². The number of hydrogen-bond donors (Lipinski definition) is 1. The van der Waals surface area contributed by atoms with Crippen molar-refractivity contribution in [2.75, 3.05) is 0 Å². The van der Waals surface area contributed by atoms with Crippen molar-refractivity contribution >= 4 is 0 Å². The van der Waals surface area contributed by atoms with E-state index in [1.165, 1.54) is 24.0 Å². The van der Waals surface area contributed by atoms with Gasteiger partial charge < -0.3 is 5.73 Å². The molecule has 81 valence electrons. The standard InChI is InChI=1S/C14H20N/c1-11-5-3-4-6-13(11)12-7-9-14(2,15)10-8-12/h4-6,12H,7-10,15H2,1-2H3. The molecular formula is C14H20N. The van der Waals surface area contributed by atoms with Crippen molar-refractivity contribution in [3.05, 3.63) is 35.4 Å². The summed E-state index contributed by atoms with van der Waals surface area (Å²) >= 11 is 0. The van der Waals surface area contributed by atoms with E-state index in [4.69, 9.17) is 5.73 Å². The van der Waals surface area contributed by atoms with Crippen molar-refractivity contribution in [1.29, 1.82) is 0 Å². The lowest BCUT2D eigenvalue weighted by molar-refractivity contribution is 0.295. The average Bonchev–Trinajstić information content (AvgIpc) is 2.19. The summed E-state index contributed by atoms with van der Waals surface area (Å²) in [4.78, 5) is 0. The number of rotatable bonds is 1. The van der Waals surface area contributed by atoms with Gasteiger partial charge in [0.1, 0.15) is 0 Å². The van der Waals surface area contributed by atoms with E-state index in [9.17, 15) is 0 Å². The SMILES string of the molecule is Cc1c[c]ccc1C1CCC(C)(N)CC1. The minimum Gasteiger partial charge on any atom is -0.325 e. The van der Waals surface area contributed by atoms with Gasteiger partial charge in [-0.3, -0.25) is 0 Å². The molecule has 0 amide bonds. The molecule has 2 N–H and O–H groups in total. The van der Waals surface area contributed by atoms with Gasteiger partial charge in [0.05, 0.1) is 0 Å². The highest BCUT2D eigenvalue weighted by Crippen LogP contribution is 2.37. The molecule has 1 aliphatic rings. The molecule has 0 spiro atoms. The summed E-state index contributed by atoms with van der Waals surface area (Å²) in [5.41, 5.74) is 9.11. The minimum atomic E-state index is 0.0747. The van der Waals surface area contributed by atoms with Crippen LogP contribution in [0.4, 0.5) is 0 Å². The maximum atomic E-state index is 6.15. The second-order valence-electron chi connectivity index (χ2n) is 5.21. The molecule has 1 aliphatic carbocycles. The molecule has 0 aromatic heterocycles. The second kappa shape index (κ2) is 3.97. The quantitative estimate of drug-likeness (QED) is 0.743. The fourth-order valence-corrected chi connectivity index (χ4v) is 2.57. The molecule has 1 saturated carbocycles. The van der Waals surface area contributed by atoms with Crippen LogP contribution in [0.1, 0.15) is 49.7 Å². The zero-order valence-corrected chi connectivity index (χ0v) is 9.72. The van der Waals surface area contributed by atoms with E-state index in [1.54, 1.807) is 0 Å². The van der Waals surface area contributed by atoms with Gasteiger partial charge in [0.15, 0.2) is 0 Å². The summed E-state index contributed by atoms with van der Waals surface area (Å²) in [6, 6.07) is 9.47. The molecule has 0 aliphatic heterocycles. The molecule has 0 atom stereocenters. The predicted octanol–water partition coefficient (Wildman–Crippen LogP) is 3.17. The fraction of sp³-hybridized carbons (Fsp3) is 0.571. The molecule has 0 unspecified atom stereocenters. The lowest BCUT2D eigenvalue weighted by Crippen LogP contribution is -2.39. The zero-order chi connectivity index (χ0) is 10.9. The molecule has 1 aromatic carbocycles. The Morgan fingerprint density at radius 2 is 2.07 bits per heavy atom. The predicted molar refractivity (Wildman–Crippen MR) is 63.8 cm³/mol. The Hall–Kier alpha value is -0.820. The third-order valence-corrected chi connectivity index (χ3v) is 3.68. The number of aryl methyl sites for hydroxylation is 1. The Morgan fingerprint density at radius 3 is 2.67 bits per heavy atom. The topological polar surface area (TPSA) is 26.0 Å². The van der Waals surface area contributed by atoms with Crippen LogP contribution in [0.3, 0.4) is 0 Å². The number of hydrogen-bond acceptors (Lipinski definition) is 1. The normalized spacial score (nSPS) is 31.5. The Labute approximate surface area is 92.7 Å². The van der Waals surface area contributed by atoms with Crippen molar-refractivity contribution < 1.29 is 0 Å². The van der Waals surface area contributed by atoms with Crippen molar-refractivity contribution in [3.63, 3.8) is 0 Å². The highest BCUT2D eigenvalue weighted by molar-refractivity contribution is 5.29. The zero-order valence-electron chi connectivity index (χ0n) is 9.72. The van der Waals surface area contributed by atoms with Crippen LogP contribution >= 0.6 is 0 Å². The molecule has 15 heavy (non-hydrogen) atoms. The monoisotopic (exact) mass is 202 g/mol. The summed E-state index contributed by atoms with van der Waals surface area (Å²) in [5.74, 6) is 0.719. The third-order valence-electron chi connectivity index (χ3n) is 3.68. The summed E-state index contributed by atoms with van der Waals surface area (Å²) in [6.07, 6.45) is 4.77. The molecule has 0 saturated heterocycles. The Bertz CT molecular complexity index is 331. The molecule has 0 heterocycles. The van der Waals surface area contributed by atoms with E-state index in [2.05, 4.69) is 32.0 Å². The van der Waals surface area contributed by atoms with Gasteiger partial charge in [-0.15, -0.1) is 0 Å². The molecular weight excluding hydrogens is 182 g/mol. The average molecular weight is 202 g/mol. The fourth-order valence-electron chi connectivity index (χ4n) is 2.57. The molecule has 0 bridgehead atoms. The smallest absolute Gasteiger partial charge is 0.0126 e. The first-order valence-electron chi connectivity index (χ1n) is 5.84. The molecule has 1 aromatic rings. The van der Waals surface area contributed by atoms with Crippen LogP contribution in [0.15, 0.2) is 18.2 Å². The van der Waals surface area contributed by atoms with E-state index >= 15 is 0 Å². The van der Waals surface area contributed by atoms with Gasteiger partial charge in [0, 0.05) is 5.54 Å². The van der Waals surface area contributed by atoms with E-state index in [0.717, 1.165) is 18.8 Å². The van der Waals surface area contributed by atoms with Crippen LogP contribution in [-0.2, 0) is 0 Å². The summed E-state index contributed by atoms with van der Waals surface area (Å²) < 4.78 is 0. The maximum Gasteiger partial charge on any atom is 0.0126 e. The number of nitrogens with two attached hydrogens (primary N) is 1. The van der Waals surface area contributed by atoms with Gasteiger partial charge in [0.25, 0.3) is 0 Å². The van der Waals surface area contributed by atoms with Crippen molar-refractivity contribution in [3.8, 4) is 0 Å². The van der Waals surface area contributed by atoms with Crippen LogP contribution in [-0.4, -0.2) is 5.54 Å². The summed E-state index contributed by atoms with van der Waals surface area (Å²) in [6.45, 7) is 4.36. The van der Waals surface area contributed by atoms with E-state index in [1.807, 2.05) is 6.07 Å². The lowest BCUT2D eigenvalue weighted by atomic mass is 9.75. The maximum absolute atomic E-state index is 6.15. The molecule has 1 heteroatoms. The van der Waals surface area contributed by atoms with E-state index in [-0.39, 0.29) is 5.54 Å². The van der Waals surface area contributed by atoms with Gasteiger partial charge in [-0.05, 0) is 62.6 Å². The van der Waals surface area contributed by atoms with Crippen LogP contribution in [0, 0.1) is 13.0 Å². The van der Waals surface area contributed by atoms with E-state index < -0.39 is 0 Å². The molecule has 1 radical (unpaired) electrons. The summed E-state index contributed by atoms with van der Waals surface area (Å²) in [7, 11) is 0. The van der Waals surface area contributed by atoms with Gasteiger partial charge in [-0.1, -0.05) is 18.2 Å².